The number of benzene rings is 1. The Labute approximate surface area is 250 Å². The number of thiophene rings is 1. The zero-order valence-electron chi connectivity index (χ0n) is 25.4. The van der Waals surface area contributed by atoms with Crippen molar-refractivity contribution in [1.82, 2.24) is 14.9 Å². The van der Waals surface area contributed by atoms with E-state index in [0.29, 0.717) is 11.9 Å². The van der Waals surface area contributed by atoms with E-state index in [4.69, 9.17) is 10.7 Å². The van der Waals surface area contributed by atoms with Crippen LogP contribution in [0.25, 0.3) is 10.2 Å². The van der Waals surface area contributed by atoms with Crippen LogP contribution in [0, 0.1) is 17.8 Å². The second-order valence-electron chi connectivity index (χ2n) is 11.5. The molecule has 0 aliphatic heterocycles. The number of carbonyl (C=O) groups excluding carboxylic acids is 1. The number of nitrogens with one attached hydrogen (secondary N) is 2. The molecule has 1 amide bonds. The lowest BCUT2D eigenvalue weighted by molar-refractivity contribution is -0.122. The fraction of sp³-hybridized carbons (Fsp3) is 0.545. The molecule has 1 saturated carbocycles. The van der Waals surface area contributed by atoms with Crippen molar-refractivity contribution in [2.45, 2.75) is 84.7 Å². The van der Waals surface area contributed by atoms with Crippen LogP contribution in [0.3, 0.4) is 0 Å². The van der Waals surface area contributed by atoms with Gasteiger partial charge in [0.15, 0.2) is 0 Å². The van der Waals surface area contributed by atoms with E-state index in [0.717, 1.165) is 47.0 Å². The van der Waals surface area contributed by atoms with Crippen molar-refractivity contribution in [1.29, 1.82) is 0 Å². The first-order valence-corrected chi connectivity index (χ1v) is 16.3. The van der Waals surface area contributed by atoms with Crippen LogP contribution < -0.4 is 16.4 Å². The standard InChI is InChI=1S/C23H25N5OS.C10H23N/c1-2-3-13-4-8-16(9-5-13)25-23-26-17-10-11-30-20(17)22(28-23)27-19-15-7-6-14(12-15)18(19)21(24)29;1-5-8-10(7-3)11(4)9-6-2/h4-11,14-15,18-19H,2-3,12H2,1H3,(H2,24,29)(H2,25,26,27,28);10H,5-9H2,1-4H3. The SMILES string of the molecule is CCCC(CC)N(C)CCC.CCCc1ccc(Nc2nc(NC3C4C=CC(C4)C3C(N)=O)c3sccc3n2)cc1. The van der Waals surface area contributed by atoms with Gasteiger partial charge in [-0.2, -0.15) is 4.98 Å². The fourth-order valence-corrected chi connectivity index (χ4v) is 7.14. The number of allylic oxidation sites excluding steroid dienone is 1. The van der Waals surface area contributed by atoms with E-state index in [1.54, 1.807) is 11.3 Å². The van der Waals surface area contributed by atoms with Gasteiger partial charge in [-0.05, 0) is 86.7 Å². The maximum Gasteiger partial charge on any atom is 0.229 e. The molecule has 1 aromatic carbocycles. The van der Waals surface area contributed by atoms with Gasteiger partial charge in [-0.15, -0.1) is 11.3 Å². The average Bonchev–Trinajstić information content (AvgIpc) is 3.70. The Bertz CT molecular complexity index is 1290. The molecule has 5 rings (SSSR count). The Hall–Kier alpha value is -2.97. The maximum atomic E-state index is 12.1. The van der Waals surface area contributed by atoms with Crippen LogP contribution in [-0.4, -0.2) is 46.5 Å². The number of amides is 1. The highest BCUT2D eigenvalue weighted by Crippen LogP contribution is 2.45. The minimum absolute atomic E-state index is 0.0288. The van der Waals surface area contributed by atoms with Crippen molar-refractivity contribution in [3.8, 4) is 0 Å². The van der Waals surface area contributed by atoms with Gasteiger partial charge in [-0.25, -0.2) is 4.98 Å². The van der Waals surface area contributed by atoms with Crippen LogP contribution >= 0.6 is 11.3 Å². The molecule has 0 saturated heterocycles. The number of carbonyl (C=O) groups is 1. The molecular formula is C33H48N6OS. The minimum atomic E-state index is -0.244. The Kier molecular flexibility index (Phi) is 11.2. The molecule has 4 N–H and O–H groups in total. The summed E-state index contributed by atoms with van der Waals surface area (Å²) >= 11 is 1.60. The summed E-state index contributed by atoms with van der Waals surface area (Å²) in [6.45, 7) is 10.2. The number of anilines is 3. The lowest BCUT2D eigenvalue weighted by atomic mass is 9.88. The van der Waals surface area contributed by atoms with E-state index in [-0.39, 0.29) is 23.8 Å². The van der Waals surface area contributed by atoms with Crippen LogP contribution in [-0.2, 0) is 11.2 Å². The second-order valence-corrected chi connectivity index (χ2v) is 12.4. The van der Waals surface area contributed by atoms with E-state index in [9.17, 15) is 4.79 Å². The Morgan fingerprint density at radius 2 is 1.80 bits per heavy atom. The molecule has 5 atom stereocenters. The molecule has 0 spiro atoms. The molecule has 2 aliphatic rings. The van der Waals surface area contributed by atoms with E-state index < -0.39 is 0 Å². The highest BCUT2D eigenvalue weighted by molar-refractivity contribution is 7.17. The monoisotopic (exact) mass is 576 g/mol. The normalized spacial score (nSPS) is 21.6. The van der Waals surface area contributed by atoms with Gasteiger partial charge in [-0.3, -0.25) is 4.79 Å². The summed E-state index contributed by atoms with van der Waals surface area (Å²) in [4.78, 5) is 24.0. The summed E-state index contributed by atoms with van der Waals surface area (Å²) in [7, 11) is 2.24. The molecule has 41 heavy (non-hydrogen) atoms. The highest BCUT2D eigenvalue weighted by atomic mass is 32.1. The van der Waals surface area contributed by atoms with Gasteiger partial charge in [-0.1, -0.05) is 64.8 Å². The number of rotatable bonds is 13. The number of hydrogen-bond acceptors (Lipinski definition) is 7. The van der Waals surface area contributed by atoms with Crippen molar-refractivity contribution in [3.05, 3.63) is 53.4 Å². The van der Waals surface area contributed by atoms with Crippen molar-refractivity contribution in [2.24, 2.45) is 23.5 Å². The van der Waals surface area contributed by atoms with Gasteiger partial charge in [0.25, 0.3) is 0 Å². The number of fused-ring (bicyclic) bond motifs is 3. The molecule has 2 bridgehead atoms. The van der Waals surface area contributed by atoms with E-state index in [1.807, 2.05) is 11.4 Å². The molecule has 5 unspecified atom stereocenters. The Morgan fingerprint density at radius 3 is 2.46 bits per heavy atom. The summed E-state index contributed by atoms with van der Waals surface area (Å²) in [6, 6.07) is 11.2. The summed E-state index contributed by atoms with van der Waals surface area (Å²) in [6.07, 6.45) is 12.7. The van der Waals surface area contributed by atoms with Crippen molar-refractivity contribution in [3.63, 3.8) is 0 Å². The van der Waals surface area contributed by atoms with Crippen molar-refractivity contribution >= 4 is 44.9 Å². The van der Waals surface area contributed by atoms with Gasteiger partial charge in [0, 0.05) is 17.8 Å². The van der Waals surface area contributed by atoms with Gasteiger partial charge >= 0.3 is 0 Å². The van der Waals surface area contributed by atoms with E-state index in [2.05, 4.69) is 91.7 Å². The first-order chi connectivity index (χ1) is 19.9. The number of nitrogens with zero attached hydrogens (tertiary/aromatic N) is 3. The molecular weight excluding hydrogens is 528 g/mol. The van der Waals surface area contributed by atoms with Crippen LogP contribution in [0.15, 0.2) is 47.9 Å². The van der Waals surface area contributed by atoms with Crippen molar-refractivity contribution < 1.29 is 4.79 Å². The topological polar surface area (TPSA) is 96.2 Å². The number of hydrogen-bond donors (Lipinski definition) is 3. The van der Waals surface area contributed by atoms with Gasteiger partial charge in [0.1, 0.15) is 5.82 Å². The van der Waals surface area contributed by atoms with E-state index >= 15 is 0 Å². The maximum absolute atomic E-state index is 12.1. The van der Waals surface area contributed by atoms with Gasteiger partial charge in [0.05, 0.1) is 16.1 Å². The number of primary amides is 1. The molecule has 1 fully saturated rings. The first kappa shape index (κ1) is 31.0. The fourth-order valence-electron chi connectivity index (χ4n) is 6.36. The molecule has 2 aliphatic carbocycles. The average molecular weight is 577 g/mol. The molecule has 222 valence electrons. The molecule has 3 aromatic rings. The molecule has 8 heteroatoms. The Morgan fingerprint density at radius 1 is 1.05 bits per heavy atom. The molecule has 7 nitrogen and oxygen atoms in total. The van der Waals surface area contributed by atoms with Crippen LogP contribution in [0.4, 0.5) is 17.5 Å². The lowest BCUT2D eigenvalue weighted by Gasteiger charge is -2.27. The zero-order chi connectivity index (χ0) is 29.4. The van der Waals surface area contributed by atoms with Crippen LogP contribution in [0.5, 0.6) is 0 Å². The first-order valence-electron chi connectivity index (χ1n) is 15.4. The summed E-state index contributed by atoms with van der Waals surface area (Å²) in [5.41, 5.74) is 8.89. The molecule has 2 heterocycles. The summed E-state index contributed by atoms with van der Waals surface area (Å²) in [5.74, 6) is 1.39. The number of nitrogens with two attached hydrogens (primary N) is 1. The van der Waals surface area contributed by atoms with Crippen LogP contribution in [0.1, 0.15) is 71.8 Å². The summed E-state index contributed by atoms with van der Waals surface area (Å²) < 4.78 is 0.994. The molecule has 2 aromatic heterocycles. The second kappa shape index (κ2) is 14.8. The zero-order valence-corrected chi connectivity index (χ0v) is 26.2. The highest BCUT2D eigenvalue weighted by Gasteiger charge is 2.47. The molecule has 0 radical (unpaired) electrons. The summed E-state index contributed by atoms with van der Waals surface area (Å²) in [5, 5.41) is 8.89. The predicted molar refractivity (Wildman–Crippen MR) is 174 cm³/mol. The number of aromatic nitrogens is 2. The predicted octanol–water partition coefficient (Wildman–Crippen LogP) is 7.38. The van der Waals surface area contributed by atoms with Crippen LogP contribution in [0.2, 0.25) is 0 Å². The lowest BCUT2D eigenvalue weighted by Crippen LogP contribution is -2.41. The largest absolute Gasteiger partial charge is 0.369 e. The van der Waals surface area contributed by atoms with Gasteiger partial charge < -0.3 is 21.3 Å². The third kappa shape index (κ3) is 7.66. The van der Waals surface area contributed by atoms with E-state index in [1.165, 1.54) is 37.8 Å². The smallest absolute Gasteiger partial charge is 0.229 e. The van der Waals surface area contributed by atoms with Crippen molar-refractivity contribution in [2.75, 3.05) is 24.2 Å². The Balaban J connectivity index is 0.000000301. The third-order valence-electron chi connectivity index (χ3n) is 8.44. The minimum Gasteiger partial charge on any atom is -0.369 e. The third-order valence-corrected chi connectivity index (χ3v) is 9.35. The van der Waals surface area contributed by atoms with Gasteiger partial charge in [0.2, 0.25) is 11.9 Å². The number of aryl methyl sites for hydroxylation is 1. The quantitative estimate of drug-likeness (QED) is 0.184.